The number of anilines is 1. The van der Waals surface area contributed by atoms with Gasteiger partial charge in [0.1, 0.15) is 23.6 Å². The zero-order chi connectivity index (χ0) is 24.6. The summed E-state index contributed by atoms with van der Waals surface area (Å²) < 4.78 is 58.9. The highest BCUT2D eigenvalue weighted by molar-refractivity contribution is 7.93. The molecule has 0 amide bonds. The van der Waals surface area contributed by atoms with Crippen molar-refractivity contribution < 1.29 is 17.4 Å². The van der Waals surface area contributed by atoms with Crippen molar-refractivity contribution in [3.05, 3.63) is 69.5 Å². The number of fused-ring (bicyclic) bond motifs is 1. The lowest BCUT2D eigenvalue weighted by Gasteiger charge is -2.20. The Morgan fingerprint density at radius 3 is 2.62 bits per heavy atom. The highest BCUT2D eigenvalue weighted by Crippen LogP contribution is 2.31. The monoisotopic (exact) mass is 491 g/mol. The molecule has 0 fully saturated rings. The number of aromatic nitrogens is 3. The summed E-state index contributed by atoms with van der Waals surface area (Å²) in [5, 5.41) is 3.59. The van der Waals surface area contributed by atoms with Crippen molar-refractivity contribution in [1.29, 1.82) is 0 Å². The fourth-order valence-corrected chi connectivity index (χ4v) is 5.56. The molecule has 0 spiro atoms. The van der Waals surface area contributed by atoms with Crippen molar-refractivity contribution in [3.8, 4) is 0 Å². The van der Waals surface area contributed by atoms with E-state index in [9.17, 15) is 22.2 Å². The van der Waals surface area contributed by atoms with Gasteiger partial charge in [0.05, 0.1) is 32.5 Å². The Morgan fingerprint density at radius 2 is 1.97 bits per heavy atom. The second-order valence-corrected chi connectivity index (χ2v) is 10.8. The number of pyridine rings is 1. The molecule has 2 atom stereocenters. The second kappa shape index (κ2) is 9.21. The van der Waals surface area contributed by atoms with Crippen molar-refractivity contribution in [2.75, 3.05) is 23.9 Å². The molecule has 4 rings (SSSR count). The van der Waals surface area contributed by atoms with Gasteiger partial charge in [0.25, 0.3) is 12.0 Å². The summed E-state index contributed by atoms with van der Waals surface area (Å²) in [7, 11) is 0.836. The van der Waals surface area contributed by atoms with Crippen LogP contribution in [0.2, 0.25) is 0 Å². The first-order valence-electron chi connectivity index (χ1n) is 10.6. The summed E-state index contributed by atoms with van der Waals surface area (Å²) in [4.78, 5) is 21.5. The standard InChI is InChI=1S/C23H24F3N5O2S/c1-13(15-5-4-6-16(19(15)24)20(25)26)30-21-18-11-17(14-7-9-34(33,27-2)10-8-14)23(32)31(3)22(18)29-12-28-21/h4-7,11-13,20H,8-10H2,1-3H3,(H,28,29,30)/t13-,34?/m1/s1. The lowest BCUT2D eigenvalue weighted by atomic mass is 10.0. The third kappa shape index (κ3) is 4.31. The Kier molecular flexibility index (Phi) is 6.48. The molecule has 180 valence electrons. The third-order valence-corrected chi connectivity index (χ3v) is 8.27. The quantitative estimate of drug-likeness (QED) is 0.569. The molecule has 1 unspecified atom stereocenters. The first-order valence-corrected chi connectivity index (χ1v) is 12.5. The largest absolute Gasteiger partial charge is 0.363 e. The molecular formula is C23H24F3N5O2S. The van der Waals surface area contributed by atoms with Gasteiger partial charge in [0.2, 0.25) is 0 Å². The van der Waals surface area contributed by atoms with Gasteiger partial charge in [-0.15, -0.1) is 0 Å². The van der Waals surface area contributed by atoms with E-state index in [1.54, 1.807) is 26.1 Å². The Bertz CT molecular complexity index is 1480. The van der Waals surface area contributed by atoms with E-state index in [1.165, 1.54) is 30.1 Å². The minimum Gasteiger partial charge on any atom is -0.363 e. The normalized spacial score (nSPS) is 19.2. The lowest BCUT2D eigenvalue weighted by molar-refractivity contribution is 0.146. The summed E-state index contributed by atoms with van der Waals surface area (Å²) in [5.41, 5.74) is 0.719. The van der Waals surface area contributed by atoms with Crippen LogP contribution < -0.4 is 10.9 Å². The van der Waals surface area contributed by atoms with Crippen LogP contribution in [0.3, 0.4) is 0 Å². The first-order chi connectivity index (χ1) is 16.1. The van der Waals surface area contributed by atoms with Gasteiger partial charge in [-0.25, -0.2) is 31.7 Å². The molecule has 34 heavy (non-hydrogen) atoms. The summed E-state index contributed by atoms with van der Waals surface area (Å²) >= 11 is 0. The van der Waals surface area contributed by atoms with E-state index in [0.717, 1.165) is 11.6 Å². The van der Waals surface area contributed by atoms with Gasteiger partial charge >= 0.3 is 0 Å². The number of hydrogen-bond acceptors (Lipinski definition) is 6. The number of benzene rings is 1. The molecule has 0 aliphatic carbocycles. The van der Waals surface area contributed by atoms with Crippen molar-refractivity contribution in [1.82, 2.24) is 14.5 Å². The van der Waals surface area contributed by atoms with Gasteiger partial charge in [-0.2, -0.15) is 0 Å². The number of nitrogens with one attached hydrogen (secondary N) is 1. The Hall–Kier alpha value is -3.21. The minimum absolute atomic E-state index is 0.0719. The summed E-state index contributed by atoms with van der Waals surface area (Å²) in [5.74, 6) is -0.00193. The molecule has 2 aromatic heterocycles. The van der Waals surface area contributed by atoms with E-state index in [-0.39, 0.29) is 16.9 Å². The van der Waals surface area contributed by atoms with Crippen molar-refractivity contribution >= 4 is 32.2 Å². The number of hydrogen-bond donors (Lipinski definition) is 1. The van der Waals surface area contributed by atoms with Crippen LogP contribution in [-0.4, -0.2) is 37.3 Å². The average molecular weight is 492 g/mol. The second-order valence-electron chi connectivity index (χ2n) is 8.10. The number of alkyl halides is 2. The van der Waals surface area contributed by atoms with Crippen LogP contribution in [-0.2, 0) is 16.8 Å². The van der Waals surface area contributed by atoms with E-state index in [0.29, 0.717) is 34.6 Å². The maximum absolute atomic E-state index is 14.7. The molecule has 0 bridgehead atoms. The van der Waals surface area contributed by atoms with Gasteiger partial charge in [0, 0.05) is 31.0 Å². The Balaban J connectivity index is 1.78. The SMILES string of the molecule is CN=S1(=O)CC=C(c2cc3c(N[C@H](C)c4cccc(C(F)F)c4F)ncnc3n(C)c2=O)CC1. The molecule has 11 heteroatoms. The summed E-state index contributed by atoms with van der Waals surface area (Å²) in [6.07, 6.45) is 0.574. The molecule has 1 aromatic carbocycles. The summed E-state index contributed by atoms with van der Waals surface area (Å²) in [6, 6.07) is 4.85. The average Bonchev–Trinajstić information content (AvgIpc) is 2.82. The van der Waals surface area contributed by atoms with Crippen molar-refractivity contribution in [2.24, 2.45) is 11.4 Å². The Labute approximate surface area is 194 Å². The van der Waals surface area contributed by atoms with Gasteiger partial charge in [-0.05, 0) is 25.0 Å². The number of allylic oxidation sites excluding steroid dienone is 1. The number of rotatable bonds is 5. The van der Waals surface area contributed by atoms with Crippen LogP contribution in [0.4, 0.5) is 19.0 Å². The molecule has 1 N–H and O–H groups in total. The smallest absolute Gasteiger partial charge is 0.266 e. The molecule has 0 saturated carbocycles. The predicted octanol–water partition coefficient (Wildman–Crippen LogP) is 4.46. The molecule has 0 radical (unpaired) electrons. The lowest BCUT2D eigenvalue weighted by Crippen LogP contribution is -2.24. The molecule has 1 aliphatic rings. The number of nitrogens with zero attached hydrogens (tertiary/aromatic N) is 4. The molecule has 3 heterocycles. The Morgan fingerprint density at radius 1 is 1.24 bits per heavy atom. The number of halogens is 3. The van der Waals surface area contributed by atoms with Crippen molar-refractivity contribution in [2.45, 2.75) is 25.8 Å². The van der Waals surface area contributed by atoms with Gasteiger partial charge in [-0.3, -0.25) is 9.36 Å². The zero-order valence-electron chi connectivity index (χ0n) is 18.9. The molecule has 1 aliphatic heterocycles. The molecular weight excluding hydrogens is 467 g/mol. The van der Waals surface area contributed by atoms with Crippen LogP contribution in [0.25, 0.3) is 16.6 Å². The van der Waals surface area contributed by atoms with E-state index < -0.39 is 33.6 Å². The summed E-state index contributed by atoms with van der Waals surface area (Å²) in [6.45, 7) is 1.64. The topological polar surface area (TPSA) is 89.2 Å². The molecule has 0 saturated heterocycles. The van der Waals surface area contributed by atoms with E-state index in [4.69, 9.17) is 0 Å². The van der Waals surface area contributed by atoms with E-state index in [2.05, 4.69) is 19.6 Å². The van der Waals surface area contributed by atoms with Crippen LogP contribution in [0.1, 0.15) is 42.5 Å². The van der Waals surface area contributed by atoms with Crippen molar-refractivity contribution in [3.63, 3.8) is 0 Å². The van der Waals surface area contributed by atoms with Crippen LogP contribution >= 0.6 is 0 Å². The highest BCUT2D eigenvalue weighted by atomic mass is 32.2. The van der Waals surface area contributed by atoms with Gasteiger partial charge < -0.3 is 5.32 Å². The van der Waals surface area contributed by atoms with Crippen LogP contribution in [0, 0.1) is 5.82 Å². The minimum atomic E-state index is -2.93. The van der Waals surface area contributed by atoms with Gasteiger partial charge in [0.15, 0.2) is 0 Å². The predicted molar refractivity (Wildman–Crippen MR) is 127 cm³/mol. The maximum Gasteiger partial charge on any atom is 0.266 e. The highest BCUT2D eigenvalue weighted by Gasteiger charge is 2.22. The number of aryl methyl sites for hydroxylation is 1. The van der Waals surface area contributed by atoms with E-state index >= 15 is 0 Å². The first kappa shape index (κ1) is 23.9. The van der Waals surface area contributed by atoms with Crippen LogP contribution in [0.5, 0.6) is 0 Å². The fraction of sp³-hybridized carbons (Fsp3) is 0.348. The van der Waals surface area contributed by atoms with E-state index in [1.807, 2.05) is 0 Å². The third-order valence-electron chi connectivity index (χ3n) is 6.08. The van der Waals surface area contributed by atoms with Gasteiger partial charge in [-0.1, -0.05) is 24.3 Å². The fourth-order valence-electron chi connectivity index (χ4n) is 4.06. The van der Waals surface area contributed by atoms with Crippen LogP contribution in [0.15, 0.2) is 45.8 Å². The molecule has 7 nitrogen and oxygen atoms in total. The maximum atomic E-state index is 14.7. The molecule has 3 aromatic rings. The zero-order valence-corrected chi connectivity index (χ0v) is 19.7.